The average Bonchev–Trinajstić information content (AvgIpc) is 3.00. The molecule has 0 spiro atoms. The summed E-state index contributed by atoms with van der Waals surface area (Å²) in [5.41, 5.74) is 2.05. The number of halogens is 1. The third-order valence-electron chi connectivity index (χ3n) is 5.15. The second kappa shape index (κ2) is 8.84. The number of imidazole rings is 1. The molecule has 0 amide bonds. The van der Waals surface area contributed by atoms with Crippen LogP contribution in [-0.4, -0.2) is 33.1 Å². The van der Waals surface area contributed by atoms with E-state index in [2.05, 4.69) is 21.8 Å². The molecule has 5 heteroatoms. The summed E-state index contributed by atoms with van der Waals surface area (Å²) >= 11 is 6.29. The number of likely N-dealkylation sites (tertiary alicyclic amines) is 1. The van der Waals surface area contributed by atoms with Gasteiger partial charge in [-0.25, -0.2) is 4.98 Å². The van der Waals surface area contributed by atoms with E-state index < -0.39 is 0 Å². The van der Waals surface area contributed by atoms with Gasteiger partial charge in [0.1, 0.15) is 5.82 Å². The van der Waals surface area contributed by atoms with E-state index >= 15 is 0 Å². The number of rotatable bonds is 7. The maximum Gasteiger partial charge on any atom is 0.151 e. The van der Waals surface area contributed by atoms with Crippen LogP contribution in [0.25, 0.3) is 0 Å². The molecule has 0 aliphatic carbocycles. The lowest BCUT2D eigenvalue weighted by Gasteiger charge is -2.34. The number of aromatic amines is 1. The lowest BCUT2D eigenvalue weighted by atomic mass is 9.87. The van der Waals surface area contributed by atoms with Crippen molar-refractivity contribution >= 4 is 11.6 Å². The summed E-state index contributed by atoms with van der Waals surface area (Å²) in [7, 11) is 0. The Bertz CT molecular complexity index is 650. The van der Waals surface area contributed by atoms with Crippen molar-refractivity contribution in [3.05, 3.63) is 52.6 Å². The van der Waals surface area contributed by atoms with Crippen LogP contribution in [0.2, 0.25) is 5.15 Å². The van der Waals surface area contributed by atoms with Gasteiger partial charge in [0.25, 0.3) is 0 Å². The summed E-state index contributed by atoms with van der Waals surface area (Å²) in [5, 5.41) is 11.2. The maximum atomic E-state index is 10.6. The normalized spacial score (nSPS) is 17.7. The zero-order valence-corrected chi connectivity index (χ0v) is 15.7. The Morgan fingerprint density at radius 2 is 2.00 bits per heavy atom. The van der Waals surface area contributed by atoms with E-state index in [9.17, 15) is 5.11 Å². The molecule has 3 rings (SSSR count). The number of aryl methyl sites for hydroxylation is 1. The molecule has 0 radical (unpaired) electrons. The van der Waals surface area contributed by atoms with Crippen LogP contribution in [0.5, 0.6) is 0 Å². The zero-order valence-electron chi connectivity index (χ0n) is 14.9. The van der Waals surface area contributed by atoms with Crippen LogP contribution in [0.15, 0.2) is 30.3 Å². The van der Waals surface area contributed by atoms with Crippen LogP contribution in [-0.2, 0) is 13.0 Å². The van der Waals surface area contributed by atoms with Crippen molar-refractivity contribution in [1.82, 2.24) is 14.9 Å². The molecule has 0 saturated carbocycles. The molecule has 25 heavy (non-hydrogen) atoms. The molecule has 1 aromatic carbocycles. The van der Waals surface area contributed by atoms with Crippen LogP contribution in [0.4, 0.5) is 0 Å². The summed E-state index contributed by atoms with van der Waals surface area (Å²) < 4.78 is 0. The number of H-pyrrole nitrogens is 1. The van der Waals surface area contributed by atoms with Gasteiger partial charge in [-0.05, 0) is 43.8 Å². The number of nitrogens with one attached hydrogen (secondary N) is 1. The summed E-state index contributed by atoms with van der Waals surface area (Å²) in [6, 6.07) is 9.99. The smallest absolute Gasteiger partial charge is 0.151 e. The van der Waals surface area contributed by atoms with Gasteiger partial charge < -0.3 is 10.1 Å². The fraction of sp³-hybridized carbons (Fsp3) is 0.550. The van der Waals surface area contributed by atoms with Crippen LogP contribution < -0.4 is 0 Å². The van der Waals surface area contributed by atoms with Gasteiger partial charge in [0.15, 0.2) is 5.15 Å². The van der Waals surface area contributed by atoms with Crippen LogP contribution in [0, 0.1) is 5.92 Å². The van der Waals surface area contributed by atoms with E-state index in [-0.39, 0.29) is 6.10 Å². The van der Waals surface area contributed by atoms with Gasteiger partial charge in [0.2, 0.25) is 0 Å². The molecule has 2 aromatic rings. The minimum Gasteiger partial charge on any atom is -0.388 e. The molecule has 136 valence electrons. The number of unbranched alkanes of at least 4 members (excludes halogenated alkanes) is 1. The highest BCUT2D eigenvalue weighted by atomic mass is 35.5. The molecule has 1 aromatic heterocycles. The number of hydrogen-bond donors (Lipinski definition) is 2. The van der Waals surface area contributed by atoms with Crippen LogP contribution in [0.1, 0.15) is 55.8 Å². The molecule has 0 bridgehead atoms. The molecular weight excluding hydrogens is 334 g/mol. The van der Waals surface area contributed by atoms with Crippen molar-refractivity contribution in [3.63, 3.8) is 0 Å². The number of piperidine rings is 1. The maximum absolute atomic E-state index is 10.6. The van der Waals surface area contributed by atoms with Crippen molar-refractivity contribution in [2.45, 2.75) is 51.7 Å². The van der Waals surface area contributed by atoms with E-state index in [4.69, 9.17) is 11.6 Å². The number of aromatic nitrogens is 2. The topological polar surface area (TPSA) is 52.1 Å². The summed E-state index contributed by atoms with van der Waals surface area (Å²) in [4.78, 5) is 10.2. The lowest BCUT2D eigenvalue weighted by molar-refractivity contribution is 0.0565. The minimum atomic E-state index is -0.361. The third-order valence-corrected chi connectivity index (χ3v) is 5.46. The predicted molar refractivity (Wildman–Crippen MR) is 102 cm³/mol. The van der Waals surface area contributed by atoms with Crippen molar-refractivity contribution < 1.29 is 5.11 Å². The lowest BCUT2D eigenvalue weighted by Crippen LogP contribution is -2.35. The van der Waals surface area contributed by atoms with Crippen molar-refractivity contribution in [3.8, 4) is 0 Å². The van der Waals surface area contributed by atoms with E-state index in [1.54, 1.807) is 0 Å². The molecule has 1 fully saturated rings. The molecule has 1 atom stereocenters. The number of aliphatic hydroxyl groups excluding tert-OH is 1. The quantitative estimate of drug-likeness (QED) is 0.770. The molecule has 1 saturated heterocycles. The van der Waals surface area contributed by atoms with Gasteiger partial charge >= 0.3 is 0 Å². The summed E-state index contributed by atoms with van der Waals surface area (Å²) in [6.07, 6.45) is 4.90. The standard InChI is InChI=1S/C20H28ClN3O/c1-2-3-9-18-22-17(20(21)23-18)14-24-12-10-16(11-13-24)19(25)15-7-5-4-6-8-15/h4-8,16,19,25H,2-3,9-14H2,1H3,(H,22,23)/t19-/m0/s1. The van der Waals surface area contributed by atoms with Crippen molar-refractivity contribution in [2.24, 2.45) is 5.92 Å². The van der Waals surface area contributed by atoms with Crippen molar-refractivity contribution in [2.75, 3.05) is 13.1 Å². The van der Waals surface area contributed by atoms with Crippen molar-refractivity contribution in [1.29, 1.82) is 0 Å². The highest BCUT2D eigenvalue weighted by Gasteiger charge is 2.26. The van der Waals surface area contributed by atoms with Crippen LogP contribution in [0.3, 0.4) is 0 Å². The van der Waals surface area contributed by atoms with Gasteiger partial charge in [-0.15, -0.1) is 0 Å². The molecule has 1 aliphatic rings. The average molecular weight is 362 g/mol. The van der Waals surface area contributed by atoms with Crippen LogP contribution >= 0.6 is 11.6 Å². The molecule has 2 N–H and O–H groups in total. The Kier molecular flexibility index (Phi) is 6.51. The Morgan fingerprint density at radius 1 is 1.28 bits per heavy atom. The predicted octanol–water partition coefficient (Wildman–Crippen LogP) is 4.35. The number of benzene rings is 1. The third kappa shape index (κ3) is 4.84. The van der Waals surface area contributed by atoms with Gasteiger partial charge in [0, 0.05) is 13.0 Å². The first-order chi connectivity index (χ1) is 12.2. The molecular formula is C20H28ClN3O. The minimum absolute atomic E-state index is 0.330. The summed E-state index contributed by atoms with van der Waals surface area (Å²) in [5.74, 6) is 1.33. The molecule has 1 aliphatic heterocycles. The number of aliphatic hydroxyl groups is 1. The molecule has 0 unspecified atom stereocenters. The van der Waals surface area contributed by atoms with Gasteiger partial charge in [-0.1, -0.05) is 55.3 Å². The Morgan fingerprint density at radius 3 is 2.68 bits per heavy atom. The second-order valence-electron chi connectivity index (χ2n) is 7.03. The van der Waals surface area contributed by atoms with Gasteiger partial charge in [0.05, 0.1) is 11.8 Å². The number of hydrogen-bond acceptors (Lipinski definition) is 3. The first-order valence-corrected chi connectivity index (χ1v) is 9.73. The zero-order chi connectivity index (χ0) is 17.6. The Labute approximate surface area is 155 Å². The van der Waals surface area contributed by atoms with E-state index in [1.165, 1.54) is 0 Å². The SMILES string of the molecule is CCCCc1nc(Cl)c(CN2CCC([C@@H](O)c3ccccc3)CC2)[nH]1. The molecule has 4 nitrogen and oxygen atoms in total. The monoisotopic (exact) mass is 361 g/mol. The Hall–Kier alpha value is -1.36. The van der Waals surface area contributed by atoms with Gasteiger partial charge in [-0.2, -0.15) is 0 Å². The fourth-order valence-corrected chi connectivity index (χ4v) is 3.79. The highest BCUT2D eigenvalue weighted by molar-refractivity contribution is 6.30. The first-order valence-electron chi connectivity index (χ1n) is 9.36. The largest absolute Gasteiger partial charge is 0.388 e. The van der Waals surface area contributed by atoms with E-state index in [1.807, 2.05) is 30.3 Å². The summed E-state index contributed by atoms with van der Waals surface area (Å²) in [6.45, 7) is 4.95. The van der Waals surface area contributed by atoms with Gasteiger partial charge in [-0.3, -0.25) is 4.90 Å². The fourth-order valence-electron chi connectivity index (χ4n) is 3.58. The van der Waals surface area contributed by atoms with E-state index in [0.29, 0.717) is 11.1 Å². The highest BCUT2D eigenvalue weighted by Crippen LogP contribution is 2.31. The first kappa shape index (κ1) is 18.4. The Balaban J connectivity index is 1.52. The van der Waals surface area contributed by atoms with E-state index in [0.717, 1.165) is 68.8 Å². The second-order valence-corrected chi connectivity index (χ2v) is 7.38. The number of nitrogens with zero attached hydrogens (tertiary/aromatic N) is 2. The molecule has 2 heterocycles.